The van der Waals surface area contributed by atoms with Crippen LogP contribution < -0.4 is 10.1 Å². The molecule has 0 heterocycles. The fourth-order valence-electron chi connectivity index (χ4n) is 3.37. The largest absolute Gasteiger partial charge is 0.483 e. The van der Waals surface area contributed by atoms with Gasteiger partial charge in [0.05, 0.1) is 4.47 Å². The number of amides is 2. The summed E-state index contributed by atoms with van der Waals surface area (Å²) in [6.45, 7) is 10.1. The SMILES string of the molecule is CCc1ccc(OCC(=O)N(Cc2ccccc2C)C(CC)C(=O)NC(C)C)c(Br)c1. The molecule has 1 atom stereocenters. The van der Waals surface area contributed by atoms with Gasteiger partial charge in [-0.3, -0.25) is 9.59 Å². The highest BCUT2D eigenvalue weighted by Gasteiger charge is 2.29. The molecule has 0 bridgehead atoms. The summed E-state index contributed by atoms with van der Waals surface area (Å²) in [4.78, 5) is 27.7. The van der Waals surface area contributed by atoms with Crippen LogP contribution in [0.1, 0.15) is 50.8 Å². The lowest BCUT2D eigenvalue weighted by Gasteiger charge is -2.31. The fraction of sp³-hybridized carbons (Fsp3) is 0.440. The molecule has 2 aromatic carbocycles. The number of carbonyl (C=O) groups excluding carboxylic acids is 2. The van der Waals surface area contributed by atoms with Gasteiger partial charge < -0.3 is 15.0 Å². The summed E-state index contributed by atoms with van der Waals surface area (Å²) in [5.41, 5.74) is 3.28. The van der Waals surface area contributed by atoms with Crippen molar-refractivity contribution >= 4 is 27.7 Å². The van der Waals surface area contributed by atoms with Gasteiger partial charge in [0.1, 0.15) is 11.8 Å². The molecule has 0 radical (unpaired) electrons. The van der Waals surface area contributed by atoms with Gasteiger partial charge in [-0.05, 0) is 78.4 Å². The van der Waals surface area contributed by atoms with Gasteiger partial charge in [0.2, 0.25) is 5.91 Å². The Bertz CT molecular complexity index is 898. The van der Waals surface area contributed by atoms with Crippen molar-refractivity contribution in [3.8, 4) is 5.75 Å². The zero-order chi connectivity index (χ0) is 23.0. The summed E-state index contributed by atoms with van der Waals surface area (Å²) in [5.74, 6) is 0.245. The van der Waals surface area contributed by atoms with Crippen LogP contribution in [0, 0.1) is 6.92 Å². The third-order valence-corrected chi connectivity index (χ3v) is 5.79. The van der Waals surface area contributed by atoms with E-state index < -0.39 is 6.04 Å². The van der Waals surface area contributed by atoms with E-state index in [-0.39, 0.29) is 24.5 Å². The number of hydrogen-bond acceptors (Lipinski definition) is 3. The summed E-state index contributed by atoms with van der Waals surface area (Å²) >= 11 is 3.52. The van der Waals surface area contributed by atoms with E-state index in [9.17, 15) is 9.59 Å². The molecule has 0 aromatic heterocycles. The van der Waals surface area contributed by atoms with E-state index in [4.69, 9.17) is 4.74 Å². The van der Waals surface area contributed by atoms with Crippen LogP contribution in [-0.4, -0.2) is 35.4 Å². The number of halogens is 1. The van der Waals surface area contributed by atoms with Gasteiger partial charge in [-0.2, -0.15) is 0 Å². The Hall–Kier alpha value is -2.34. The normalized spacial score (nSPS) is 11.8. The van der Waals surface area contributed by atoms with Gasteiger partial charge in [-0.25, -0.2) is 0 Å². The Kier molecular flexibility index (Phi) is 9.56. The number of nitrogens with zero attached hydrogens (tertiary/aromatic N) is 1. The Balaban J connectivity index is 2.24. The molecular weight excluding hydrogens is 456 g/mol. The van der Waals surface area contributed by atoms with Crippen molar-refractivity contribution in [2.24, 2.45) is 0 Å². The van der Waals surface area contributed by atoms with Gasteiger partial charge in [0.25, 0.3) is 5.91 Å². The summed E-state index contributed by atoms with van der Waals surface area (Å²) < 4.78 is 6.65. The van der Waals surface area contributed by atoms with Crippen LogP contribution in [0.15, 0.2) is 46.9 Å². The average Bonchev–Trinajstić information content (AvgIpc) is 2.73. The Morgan fingerprint density at radius 1 is 1.13 bits per heavy atom. The van der Waals surface area contributed by atoms with E-state index in [0.717, 1.165) is 22.0 Å². The minimum absolute atomic E-state index is 0.00116. The van der Waals surface area contributed by atoms with Crippen LogP contribution in [0.5, 0.6) is 5.75 Å². The van der Waals surface area contributed by atoms with E-state index in [1.165, 1.54) is 5.56 Å². The highest BCUT2D eigenvalue weighted by Crippen LogP contribution is 2.26. The Labute approximate surface area is 194 Å². The van der Waals surface area contributed by atoms with Crippen LogP contribution in [0.4, 0.5) is 0 Å². The van der Waals surface area contributed by atoms with Crippen LogP contribution in [0.25, 0.3) is 0 Å². The van der Waals surface area contributed by atoms with Crippen molar-refractivity contribution in [2.75, 3.05) is 6.61 Å². The summed E-state index contributed by atoms with van der Waals surface area (Å²) in [6.07, 6.45) is 1.44. The zero-order valence-electron chi connectivity index (χ0n) is 19.1. The van der Waals surface area contributed by atoms with Crippen LogP contribution in [0.2, 0.25) is 0 Å². The maximum atomic E-state index is 13.3. The number of rotatable bonds is 10. The summed E-state index contributed by atoms with van der Waals surface area (Å²) in [5, 5.41) is 2.94. The van der Waals surface area contributed by atoms with E-state index >= 15 is 0 Å². The monoisotopic (exact) mass is 488 g/mol. The molecule has 0 aliphatic heterocycles. The zero-order valence-corrected chi connectivity index (χ0v) is 20.7. The van der Waals surface area contributed by atoms with Crippen LogP contribution in [-0.2, 0) is 22.6 Å². The second-order valence-electron chi connectivity index (χ2n) is 7.94. The quantitative estimate of drug-likeness (QED) is 0.509. The van der Waals surface area contributed by atoms with E-state index in [2.05, 4.69) is 28.2 Å². The molecule has 6 heteroatoms. The number of hydrogen-bond donors (Lipinski definition) is 1. The first-order valence-electron chi connectivity index (χ1n) is 10.8. The molecular formula is C25H33BrN2O3. The third kappa shape index (κ3) is 7.10. The van der Waals surface area contributed by atoms with Gasteiger partial charge in [0.15, 0.2) is 6.61 Å². The molecule has 1 unspecified atom stereocenters. The van der Waals surface area contributed by atoms with Crippen LogP contribution in [0.3, 0.4) is 0 Å². The first-order valence-corrected chi connectivity index (χ1v) is 11.6. The minimum atomic E-state index is -0.566. The Morgan fingerprint density at radius 3 is 2.42 bits per heavy atom. The van der Waals surface area contributed by atoms with Crippen molar-refractivity contribution < 1.29 is 14.3 Å². The highest BCUT2D eigenvalue weighted by molar-refractivity contribution is 9.10. The molecule has 0 saturated heterocycles. The minimum Gasteiger partial charge on any atom is -0.483 e. The van der Waals surface area contributed by atoms with Gasteiger partial charge in [-0.1, -0.05) is 44.2 Å². The van der Waals surface area contributed by atoms with Crippen molar-refractivity contribution in [2.45, 2.75) is 66.1 Å². The molecule has 0 spiro atoms. The van der Waals surface area contributed by atoms with Crippen molar-refractivity contribution in [3.63, 3.8) is 0 Å². The smallest absolute Gasteiger partial charge is 0.261 e. The molecule has 0 saturated carbocycles. The third-order valence-electron chi connectivity index (χ3n) is 5.17. The fourth-order valence-corrected chi connectivity index (χ4v) is 3.92. The lowest BCUT2D eigenvalue weighted by Crippen LogP contribution is -2.51. The van der Waals surface area contributed by atoms with Gasteiger partial charge >= 0.3 is 0 Å². The molecule has 31 heavy (non-hydrogen) atoms. The molecule has 5 nitrogen and oxygen atoms in total. The maximum Gasteiger partial charge on any atom is 0.261 e. The molecule has 0 aliphatic rings. The number of ether oxygens (including phenoxy) is 1. The van der Waals surface area contributed by atoms with Gasteiger partial charge in [0, 0.05) is 12.6 Å². The number of carbonyl (C=O) groups is 2. The molecule has 168 valence electrons. The average molecular weight is 489 g/mol. The van der Waals surface area contributed by atoms with Gasteiger partial charge in [-0.15, -0.1) is 0 Å². The van der Waals surface area contributed by atoms with Crippen molar-refractivity contribution in [1.82, 2.24) is 10.2 Å². The number of nitrogens with one attached hydrogen (secondary N) is 1. The molecule has 2 aromatic rings. The topological polar surface area (TPSA) is 58.6 Å². The predicted octanol–water partition coefficient (Wildman–Crippen LogP) is 5.03. The molecule has 0 fully saturated rings. The lowest BCUT2D eigenvalue weighted by molar-refractivity contribution is -0.143. The van der Waals surface area contributed by atoms with Crippen molar-refractivity contribution in [1.29, 1.82) is 0 Å². The molecule has 2 amide bonds. The van der Waals surface area contributed by atoms with E-state index in [1.54, 1.807) is 4.90 Å². The number of benzene rings is 2. The second-order valence-corrected chi connectivity index (χ2v) is 8.80. The molecule has 1 N–H and O–H groups in total. The Morgan fingerprint density at radius 2 is 1.84 bits per heavy atom. The molecule has 2 rings (SSSR count). The van der Waals surface area contributed by atoms with Crippen LogP contribution >= 0.6 is 15.9 Å². The summed E-state index contributed by atoms with van der Waals surface area (Å²) in [6, 6.07) is 13.2. The highest BCUT2D eigenvalue weighted by atomic mass is 79.9. The summed E-state index contributed by atoms with van der Waals surface area (Å²) in [7, 11) is 0. The molecule has 0 aliphatic carbocycles. The predicted molar refractivity (Wildman–Crippen MR) is 128 cm³/mol. The van der Waals surface area contributed by atoms with E-state index in [1.807, 2.05) is 70.2 Å². The van der Waals surface area contributed by atoms with Crippen molar-refractivity contribution in [3.05, 3.63) is 63.6 Å². The lowest BCUT2D eigenvalue weighted by atomic mass is 10.1. The number of aryl methyl sites for hydroxylation is 2. The second kappa shape index (κ2) is 11.9. The maximum absolute atomic E-state index is 13.3. The first-order chi connectivity index (χ1) is 14.8. The first kappa shape index (κ1) is 24.9. The van der Waals surface area contributed by atoms with E-state index in [0.29, 0.717) is 18.7 Å². The standard InChI is InChI=1S/C25H33BrN2O3/c1-6-19-12-13-23(21(26)14-19)31-16-24(29)28(15-20-11-9-8-10-18(20)5)22(7-2)25(30)27-17(3)4/h8-14,17,22H,6-7,15-16H2,1-5H3,(H,27,30).